The SMILES string of the molecule is Cc1ccc(CC(=O)N[C@@H](Cc2cc(F)cc(F)c2)C(=O)N[C@@H]2C(=O)N3CCC[C@H]3C(=O)N(C)[C@@H]([C@@H](C)O)C(=O)N[C@@H](C)C(=O)N3C[C@@H](C)C[C@H]3C(=O)O[C@H]2C)cc1.Cc1ccc(CC(=O)N[C@@H](Cc2cc(F)cc(F)c2)C(=O)N[C@@H]2C(=O)N3C[C@H](O)C[C@H]3C(=O)N(C)[C@@H](C)C(=O)N[C@@H](C)C(=O)N3C[C@@H](C)C[C@H]3C(=O)O[C@H]2C)cc1. The molecule has 0 aliphatic carbocycles. The van der Waals surface area contributed by atoms with Gasteiger partial charge in [-0.3, -0.25) is 57.5 Å². The Morgan fingerprint density at radius 3 is 1.30 bits per heavy atom. The number of ether oxygens (including phenoxy) is 2. The Morgan fingerprint density at radius 1 is 0.496 bits per heavy atom. The van der Waals surface area contributed by atoms with Crippen LogP contribution >= 0.6 is 0 Å². The van der Waals surface area contributed by atoms with E-state index in [9.17, 15) is 94.9 Å². The number of hydrogen-bond acceptors (Lipinski definition) is 18. The number of nitrogens with one attached hydrogen (secondary N) is 6. The van der Waals surface area contributed by atoms with Gasteiger partial charge in [0.15, 0.2) is 0 Å². The highest BCUT2D eigenvalue weighted by atomic mass is 19.1. The van der Waals surface area contributed by atoms with E-state index in [1.807, 2.05) is 39.8 Å². The van der Waals surface area contributed by atoms with Crippen molar-refractivity contribution in [3.63, 3.8) is 0 Å². The zero-order valence-corrected chi connectivity index (χ0v) is 66.3. The molecule has 622 valence electrons. The summed E-state index contributed by atoms with van der Waals surface area (Å²) < 4.78 is 68.9. The van der Waals surface area contributed by atoms with Gasteiger partial charge in [-0.15, -0.1) is 0 Å². The molecule has 0 unspecified atom stereocenters. The second kappa shape index (κ2) is 38.0. The second-order valence-electron chi connectivity index (χ2n) is 31.3. The van der Waals surface area contributed by atoms with Crippen LogP contribution in [-0.2, 0) is 102 Å². The lowest BCUT2D eigenvalue weighted by Crippen LogP contribution is -2.63. The molecule has 6 aliphatic heterocycles. The first-order valence-corrected chi connectivity index (χ1v) is 38.5. The summed E-state index contributed by atoms with van der Waals surface area (Å²) in [5.74, 6) is -14.8. The molecule has 4 aromatic carbocycles. The number of halogens is 4. The van der Waals surface area contributed by atoms with Crippen molar-refractivity contribution in [2.24, 2.45) is 11.8 Å². The van der Waals surface area contributed by atoms with Crippen molar-refractivity contribution in [1.82, 2.24) is 61.3 Å². The minimum absolute atomic E-state index is 0.0101. The molecule has 12 amide bonds. The van der Waals surface area contributed by atoms with Crippen molar-refractivity contribution in [3.8, 4) is 0 Å². The summed E-state index contributed by atoms with van der Waals surface area (Å²) in [7, 11) is 2.65. The number of rotatable bonds is 15. The standard InChI is InChI=1S/C41H52F2N6O9.C40H50F2N6O9/c1-21-9-11-26(12-10-21)18-33(51)45-30(17-27-15-28(42)19-29(43)16-27)36(52)46-34-25(5)58-41(57)32-14-22(2)20-49(32)38(54)23(3)44-37(53)35(24(4)50)47(6)39(55)31-8-7-13-48(31)40(34)56;1-20-7-9-25(10-8-20)15-33(50)44-30(14-26-12-27(41)16-28(42)13-26)36(52)45-34-24(5)57-40(56)32-11-21(2)18-47(32)37(53)22(3)43-35(51)23(4)46(6)38(54)31-17-29(49)19-48(31)39(34)55/h9-12,15-16,19,22-25,30-32,34-35,50H,7-8,13-14,17-18,20H2,1-6H3,(H,44,53)(H,45,51)(H,46,52);7-10,12-13,16,21-24,29-32,34,49H,11,14-15,17-19H2,1-6H3,(H,43,51)(H,44,50)(H,45,52)/t22-,23-,24+,25-,30-,31-,32-,34-,35-;21-,22-,23-,24-,29+,30-,31-,32-,34-/m00/s1. The molecule has 30 nitrogen and oxygen atoms in total. The van der Waals surface area contributed by atoms with E-state index in [0.717, 1.165) is 50.1 Å². The van der Waals surface area contributed by atoms with E-state index in [1.165, 1.54) is 70.3 Å². The number of amides is 12. The van der Waals surface area contributed by atoms with Crippen molar-refractivity contribution in [2.45, 2.75) is 224 Å². The Kier molecular flexibility index (Phi) is 29.1. The van der Waals surface area contributed by atoms with Crippen LogP contribution in [0, 0.1) is 49.0 Å². The zero-order chi connectivity index (χ0) is 84.5. The van der Waals surface area contributed by atoms with E-state index < -0.39 is 216 Å². The third kappa shape index (κ3) is 22.0. The van der Waals surface area contributed by atoms with Crippen molar-refractivity contribution in [2.75, 3.05) is 40.3 Å². The summed E-state index contributed by atoms with van der Waals surface area (Å²) in [5, 5.41) is 37.0. The Hall–Kier alpha value is -10.9. The average molecular weight is 1610 g/mol. The van der Waals surface area contributed by atoms with Gasteiger partial charge in [0, 0.05) is 71.7 Å². The van der Waals surface area contributed by atoms with E-state index in [1.54, 1.807) is 36.4 Å². The van der Waals surface area contributed by atoms with Gasteiger partial charge in [-0.05, 0) is 139 Å². The van der Waals surface area contributed by atoms with Crippen LogP contribution in [-0.4, -0.2) is 260 Å². The summed E-state index contributed by atoms with van der Waals surface area (Å²) in [5.41, 5.74) is 3.19. The summed E-state index contributed by atoms with van der Waals surface area (Å²) in [4.78, 5) is 201. The number of fused-ring (bicyclic) bond motifs is 4. The molecule has 115 heavy (non-hydrogen) atoms. The molecule has 0 bridgehead atoms. The van der Waals surface area contributed by atoms with Gasteiger partial charge in [-0.1, -0.05) is 73.5 Å². The van der Waals surface area contributed by atoms with E-state index in [-0.39, 0.29) is 87.7 Å². The molecule has 10 rings (SSSR count). The second-order valence-corrected chi connectivity index (χ2v) is 31.3. The first-order chi connectivity index (χ1) is 54.2. The number of cyclic esters (lactones) is 2. The van der Waals surface area contributed by atoms with Gasteiger partial charge in [0.05, 0.1) is 25.0 Å². The fourth-order valence-corrected chi connectivity index (χ4v) is 15.5. The number of carbonyl (C=O) groups excluding carboxylic acids is 14. The van der Waals surface area contributed by atoms with Gasteiger partial charge in [-0.25, -0.2) is 27.2 Å². The lowest BCUT2D eigenvalue weighted by Gasteiger charge is -2.37. The summed E-state index contributed by atoms with van der Waals surface area (Å²) in [6.45, 7) is 15.7. The molecule has 6 fully saturated rings. The minimum Gasteiger partial charge on any atom is -0.458 e. The maximum absolute atomic E-state index is 14.6. The quantitative estimate of drug-likeness (QED) is 0.0616. The lowest BCUT2D eigenvalue weighted by atomic mass is 10.0. The maximum atomic E-state index is 14.6. The highest BCUT2D eigenvalue weighted by molar-refractivity contribution is 6.00. The average Bonchev–Trinajstić information content (AvgIpc) is 1.70. The third-order valence-electron chi connectivity index (χ3n) is 21.7. The van der Waals surface area contributed by atoms with Crippen LogP contribution in [0.5, 0.6) is 0 Å². The molecule has 6 saturated heterocycles. The number of likely N-dealkylation sites (N-methyl/N-ethyl adjacent to an activating group) is 2. The maximum Gasteiger partial charge on any atom is 0.329 e. The van der Waals surface area contributed by atoms with Gasteiger partial charge >= 0.3 is 11.9 Å². The number of aryl methyl sites for hydroxylation is 2. The van der Waals surface area contributed by atoms with Gasteiger partial charge in [0.1, 0.15) is 108 Å². The molecule has 0 radical (unpaired) electrons. The molecule has 4 aromatic rings. The van der Waals surface area contributed by atoms with E-state index >= 15 is 0 Å². The van der Waals surface area contributed by atoms with Crippen molar-refractivity contribution >= 4 is 82.8 Å². The summed E-state index contributed by atoms with van der Waals surface area (Å²) in [6, 6.07) is 3.52. The van der Waals surface area contributed by atoms with Crippen LogP contribution in [0.15, 0.2) is 84.9 Å². The largest absolute Gasteiger partial charge is 0.458 e. The Labute approximate surface area is 663 Å². The zero-order valence-electron chi connectivity index (χ0n) is 66.3. The molecule has 18 atom stereocenters. The van der Waals surface area contributed by atoms with Crippen LogP contribution in [0.1, 0.15) is 121 Å². The fraction of sp³-hybridized carbons (Fsp3) is 0.531. The Bertz CT molecular complexity index is 4310. The van der Waals surface area contributed by atoms with Crippen LogP contribution in [0.4, 0.5) is 17.6 Å². The predicted octanol–water partition coefficient (Wildman–Crippen LogP) is 1.44. The first kappa shape index (κ1) is 88.1. The van der Waals surface area contributed by atoms with Crippen molar-refractivity contribution < 1.29 is 104 Å². The first-order valence-electron chi connectivity index (χ1n) is 38.5. The smallest absolute Gasteiger partial charge is 0.329 e. The van der Waals surface area contributed by atoms with Crippen molar-refractivity contribution in [1.29, 1.82) is 0 Å². The monoisotopic (exact) mass is 1610 g/mol. The fourth-order valence-electron chi connectivity index (χ4n) is 15.5. The molecule has 0 saturated carbocycles. The lowest BCUT2D eigenvalue weighted by molar-refractivity contribution is -0.163. The molecule has 34 heteroatoms. The van der Waals surface area contributed by atoms with E-state index in [0.29, 0.717) is 29.7 Å². The number of aliphatic hydroxyl groups is 2. The normalized spacial score (nSPS) is 27.5. The van der Waals surface area contributed by atoms with Gasteiger partial charge < -0.3 is 81.0 Å². The number of carbonyl (C=O) groups is 14. The molecule has 6 aliphatic rings. The molecule has 0 aromatic heterocycles. The van der Waals surface area contributed by atoms with Crippen LogP contribution in [0.25, 0.3) is 0 Å². The number of aliphatic hydroxyl groups excluding tert-OH is 2. The number of hydrogen-bond donors (Lipinski definition) is 8. The third-order valence-corrected chi connectivity index (χ3v) is 21.7. The van der Waals surface area contributed by atoms with Crippen molar-refractivity contribution in [3.05, 3.63) is 142 Å². The molecular weight excluding hydrogens is 1500 g/mol. The van der Waals surface area contributed by atoms with Gasteiger partial charge in [0.25, 0.3) is 0 Å². The van der Waals surface area contributed by atoms with Crippen LogP contribution in [0.2, 0.25) is 0 Å². The van der Waals surface area contributed by atoms with E-state index in [4.69, 9.17) is 9.47 Å². The number of nitrogens with zero attached hydrogens (tertiary/aromatic N) is 6. The predicted molar refractivity (Wildman–Crippen MR) is 404 cm³/mol. The summed E-state index contributed by atoms with van der Waals surface area (Å²) >= 11 is 0. The highest BCUT2D eigenvalue weighted by Crippen LogP contribution is 2.31. The van der Waals surface area contributed by atoms with Gasteiger partial charge in [-0.2, -0.15) is 0 Å². The molecule has 6 heterocycles. The number of benzene rings is 4. The molecule has 8 N–H and O–H groups in total. The van der Waals surface area contributed by atoms with Crippen LogP contribution in [0.3, 0.4) is 0 Å². The molecule has 0 spiro atoms. The van der Waals surface area contributed by atoms with E-state index in [2.05, 4.69) is 31.9 Å². The van der Waals surface area contributed by atoms with Gasteiger partial charge in [0.2, 0.25) is 70.9 Å². The molecular formula is C81H102F4N12O18. The number of esters is 2. The Balaban J connectivity index is 0.000000263. The topological polar surface area (TPSA) is 390 Å². The minimum atomic E-state index is -1.73. The summed E-state index contributed by atoms with van der Waals surface area (Å²) in [6.07, 6.45) is -5.88. The highest BCUT2D eigenvalue weighted by Gasteiger charge is 2.51. The van der Waals surface area contributed by atoms with Crippen LogP contribution < -0.4 is 31.9 Å². The Morgan fingerprint density at radius 2 is 0.887 bits per heavy atom.